The molecule has 0 bridgehead atoms. The Kier molecular flexibility index (Phi) is 3.68. The van der Waals surface area contributed by atoms with Gasteiger partial charge in [0.15, 0.2) is 0 Å². The lowest BCUT2D eigenvalue weighted by Gasteiger charge is -2.30. The van der Waals surface area contributed by atoms with Gasteiger partial charge in [0.25, 0.3) is 5.91 Å². The molecule has 0 aliphatic carbocycles. The summed E-state index contributed by atoms with van der Waals surface area (Å²) < 4.78 is 12.9. The van der Waals surface area contributed by atoms with Gasteiger partial charge in [0.1, 0.15) is 5.69 Å². The Hall–Kier alpha value is -1.49. The van der Waals surface area contributed by atoms with Crippen molar-refractivity contribution in [2.75, 3.05) is 19.7 Å². The van der Waals surface area contributed by atoms with Crippen molar-refractivity contribution in [1.82, 2.24) is 9.88 Å². The van der Waals surface area contributed by atoms with Crippen LogP contribution < -0.4 is 0 Å². The van der Waals surface area contributed by atoms with Gasteiger partial charge in [-0.2, -0.15) is 4.39 Å². The van der Waals surface area contributed by atoms with Crippen LogP contribution in [-0.4, -0.2) is 40.6 Å². The van der Waals surface area contributed by atoms with E-state index in [1.807, 2.05) is 0 Å². The summed E-state index contributed by atoms with van der Waals surface area (Å²) in [5.41, 5.74) is 0.146. The first-order chi connectivity index (χ1) is 8.20. The van der Waals surface area contributed by atoms with E-state index in [0.29, 0.717) is 13.1 Å². The minimum Gasteiger partial charge on any atom is -0.396 e. The Labute approximate surface area is 99.1 Å². The van der Waals surface area contributed by atoms with E-state index in [1.165, 1.54) is 18.2 Å². The third kappa shape index (κ3) is 2.79. The second kappa shape index (κ2) is 5.23. The molecule has 1 aromatic rings. The Morgan fingerprint density at radius 3 is 2.76 bits per heavy atom. The first kappa shape index (κ1) is 12.0. The van der Waals surface area contributed by atoms with Crippen LogP contribution in [-0.2, 0) is 0 Å². The molecule has 5 heteroatoms. The van der Waals surface area contributed by atoms with Crippen LogP contribution in [0.2, 0.25) is 0 Å². The molecule has 0 atom stereocenters. The molecule has 1 N–H and O–H groups in total. The molecule has 1 aliphatic heterocycles. The molecule has 2 heterocycles. The lowest BCUT2D eigenvalue weighted by molar-refractivity contribution is 0.0644. The molecule has 1 saturated heterocycles. The van der Waals surface area contributed by atoms with E-state index in [9.17, 15) is 9.18 Å². The van der Waals surface area contributed by atoms with E-state index in [2.05, 4.69) is 4.98 Å². The summed E-state index contributed by atoms with van der Waals surface area (Å²) in [6, 6.07) is 4.22. The minimum absolute atomic E-state index is 0.146. The third-order valence-corrected chi connectivity index (χ3v) is 3.09. The van der Waals surface area contributed by atoms with Gasteiger partial charge in [0.05, 0.1) is 0 Å². The lowest BCUT2D eigenvalue weighted by Crippen LogP contribution is -2.39. The van der Waals surface area contributed by atoms with E-state index in [-0.39, 0.29) is 24.1 Å². The van der Waals surface area contributed by atoms with Crippen molar-refractivity contribution in [2.45, 2.75) is 12.8 Å². The Balaban J connectivity index is 2.02. The Morgan fingerprint density at radius 2 is 2.18 bits per heavy atom. The highest BCUT2D eigenvalue weighted by molar-refractivity contribution is 5.92. The molecule has 1 aliphatic rings. The Morgan fingerprint density at radius 1 is 1.47 bits per heavy atom. The van der Waals surface area contributed by atoms with Gasteiger partial charge in [-0.15, -0.1) is 0 Å². The fourth-order valence-electron chi connectivity index (χ4n) is 2.01. The van der Waals surface area contributed by atoms with Crippen molar-refractivity contribution in [3.8, 4) is 0 Å². The van der Waals surface area contributed by atoms with Crippen LogP contribution in [0.3, 0.4) is 0 Å². The maximum atomic E-state index is 12.9. The summed E-state index contributed by atoms with van der Waals surface area (Å²) in [5, 5.41) is 9.00. The maximum absolute atomic E-state index is 12.9. The van der Waals surface area contributed by atoms with E-state index < -0.39 is 5.95 Å². The number of aliphatic hydroxyl groups is 1. The smallest absolute Gasteiger partial charge is 0.272 e. The second-order valence-electron chi connectivity index (χ2n) is 4.26. The van der Waals surface area contributed by atoms with Crippen LogP contribution >= 0.6 is 0 Å². The maximum Gasteiger partial charge on any atom is 0.272 e. The van der Waals surface area contributed by atoms with Crippen molar-refractivity contribution in [2.24, 2.45) is 5.92 Å². The minimum atomic E-state index is -0.638. The molecular formula is C12H15FN2O2. The van der Waals surface area contributed by atoms with Gasteiger partial charge < -0.3 is 10.0 Å². The summed E-state index contributed by atoms with van der Waals surface area (Å²) >= 11 is 0. The zero-order valence-electron chi connectivity index (χ0n) is 9.47. The average molecular weight is 238 g/mol. The monoisotopic (exact) mass is 238 g/mol. The number of halogens is 1. The van der Waals surface area contributed by atoms with Crippen molar-refractivity contribution in [1.29, 1.82) is 0 Å². The number of rotatable bonds is 2. The molecular weight excluding hydrogens is 223 g/mol. The molecule has 0 saturated carbocycles. The number of pyridine rings is 1. The van der Waals surface area contributed by atoms with Crippen LogP contribution in [0.4, 0.5) is 4.39 Å². The summed E-state index contributed by atoms with van der Waals surface area (Å²) in [6.07, 6.45) is 1.58. The van der Waals surface area contributed by atoms with Crippen molar-refractivity contribution in [3.05, 3.63) is 29.8 Å². The van der Waals surface area contributed by atoms with Crippen LogP contribution in [0.25, 0.3) is 0 Å². The molecule has 1 amide bonds. The summed E-state index contributed by atoms with van der Waals surface area (Å²) in [4.78, 5) is 17.2. The van der Waals surface area contributed by atoms with Gasteiger partial charge in [0, 0.05) is 19.7 Å². The zero-order chi connectivity index (χ0) is 12.3. The molecule has 2 rings (SSSR count). The van der Waals surface area contributed by atoms with Crippen LogP contribution in [0.5, 0.6) is 0 Å². The average Bonchev–Trinajstić information content (AvgIpc) is 2.38. The van der Waals surface area contributed by atoms with E-state index in [4.69, 9.17) is 5.11 Å². The SMILES string of the molecule is O=C(c1cccc(F)n1)N1CCC(CO)CC1. The van der Waals surface area contributed by atoms with E-state index in [0.717, 1.165) is 12.8 Å². The van der Waals surface area contributed by atoms with Crippen LogP contribution in [0.15, 0.2) is 18.2 Å². The molecule has 0 radical (unpaired) electrons. The van der Waals surface area contributed by atoms with E-state index in [1.54, 1.807) is 4.90 Å². The molecule has 1 aromatic heterocycles. The van der Waals surface area contributed by atoms with E-state index >= 15 is 0 Å². The predicted octanol–water partition coefficient (Wildman–Crippen LogP) is 1.07. The molecule has 1 fully saturated rings. The number of hydrogen-bond acceptors (Lipinski definition) is 3. The van der Waals surface area contributed by atoms with Gasteiger partial charge in [-0.3, -0.25) is 4.79 Å². The number of carbonyl (C=O) groups excluding carboxylic acids is 1. The predicted molar refractivity (Wildman–Crippen MR) is 59.9 cm³/mol. The number of amides is 1. The van der Waals surface area contributed by atoms with Crippen LogP contribution in [0, 0.1) is 11.9 Å². The number of aromatic nitrogens is 1. The number of carbonyl (C=O) groups is 1. The van der Waals surface area contributed by atoms with Crippen molar-refractivity contribution < 1.29 is 14.3 Å². The molecule has 0 unspecified atom stereocenters. The molecule has 4 nitrogen and oxygen atoms in total. The second-order valence-corrected chi connectivity index (χ2v) is 4.26. The van der Waals surface area contributed by atoms with Crippen molar-refractivity contribution >= 4 is 5.91 Å². The standard InChI is InChI=1S/C12H15FN2O2/c13-11-3-1-2-10(14-11)12(17)15-6-4-9(8-16)5-7-15/h1-3,9,16H,4-8H2. The largest absolute Gasteiger partial charge is 0.396 e. The quantitative estimate of drug-likeness (QED) is 0.784. The molecule has 0 spiro atoms. The highest BCUT2D eigenvalue weighted by Crippen LogP contribution is 2.17. The lowest BCUT2D eigenvalue weighted by atomic mass is 9.98. The molecule has 0 aromatic carbocycles. The highest BCUT2D eigenvalue weighted by Gasteiger charge is 2.23. The van der Waals surface area contributed by atoms with Gasteiger partial charge in [0.2, 0.25) is 5.95 Å². The topological polar surface area (TPSA) is 53.4 Å². The van der Waals surface area contributed by atoms with Crippen molar-refractivity contribution in [3.63, 3.8) is 0 Å². The zero-order valence-corrected chi connectivity index (χ0v) is 9.47. The Bertz CT molecular complexity index is 403. The first-order valence-electron chi connectivity index (χ1n) is 5.73. The fraction of sp³-hybridized carbons (Fsp3) is 0.500. The molecule has 17 heavy (non-hydrogen) atoms. The highest BCUT2D eigenvalue weighted by atomic mass is 19.1. The van der Waals surface area contributed by atoms with Gasteiger partial charge >= 0.3 is 0 Å². The number of nitrogens with zero attached hydrogens (tertiary/aromatic N) is 2. The first-order valence-corrected chi connectivity index (χ1v) is 5.73. The van der Waals surface area contributed by atoms with Gasteiger partial charge in [-0.1, -0.05) is 6.07 Å². The van der Waals surface area contributed by atoms with Crippen LogP contribution in [0.1, 0.15) is 23.3 Å². The van der Waals surface area contributed by atoms with Gasteiger partial charge in [-0.25, -0.2) is 4.98 Å². The normalized spacial score (nSPS) is 17.2. The third-order valence-electron chi connectivity index (χ3n) is 3.09. The fourth-order valence-corrected chi connectivity index (χ4v) is 2.01. The number of aliphatic hydroxyl groups excluding tert-OH is 1. The molecule has 92 valence electrons. The summed E-state index contributed by atoms with van der Waals surface area (Å²) in [6.45, 7) is 1.37. The summed E-state index contributed by atoms with van der Waals surface area (Å²) in [5.74, 6) is -0.596. The number of hydrogen-bond donors (Lipinski definition) is 1. The number of likely N-dealkylation sites (tertiary alicyclic amines) is 1. The number of piperidine rings is 1. The summed E-state index contributed by atoms with van der Waals surface area (Å²) in [7, 11) is 0. The van der Waals surface area contributed by atoms with Gasteiger partial charge in [-0.05, 0) is 30.9 Å².